The van der Waals surface area contributed by atoms with Crippen molar-refractivity contribution >= 4 is 39.8 Å². The van der Waals surface area contributed by atoms with Crippen LogP contribution in [0.1, 0.15) is 5.56 Å². The smallest absolute Gasteiger partial charge is 0.198 e. The minimum Gasteiger partial charge on any atom is -0.493 e. The van der Waals surface area contributed by atoms with Crippen LogP contribution in [-0.4, -0.2) is 42.4 Å². The van der Waals surface area contributed by atoms with Crippen LogP contribution < -0.4 is 5.32 Å². The van der Waals surface area contributed by atoms with Crippen LogP contribution >= 0.6 is 12.2 Å². The lowest BCUT2D eigenvalue weighted by Crippen LogP contribution is -2.43. The SMILES string of the molecule is COC1=CC2=NC(=S)NC(=NCCc3c[nH]c4ccccc34)C2C=C1OC. The van der Waals surface area contributed by atoms with Crippen LogP contribution in [0, 0.1) is 5.92 Å². The molecule has 0 fully saturated rings. The van der Waals surface area contributed by atoms with Crippen LogP contribution in [0.5, 0.6) is 0 Å². The molecule has 1 aliphatic heterocycles. The number of rotatable bonds is 5. The van der Waals surface area contributed by atoms with E-state index in [1.807, 2.05) is 30.5 Å². The first-order chi connectivity index (χ1) is 13.2. The van der Waals surface area contributed by atoms with E-state index in [9.17, 15) is 0 Å². The van der Waals surface area contributed by atoms with E-state index >= 15 is 0 Å². The van der Waals surface area contributed by atoms with Gasteiger partial charge in [0.1, 0.15) is 5.84 Å². The van der Waals surface area contributed by atoms with Gasteiger partial charge in [0.15, 0.2) is 16.6 Å². The first-order valence-electron chi connectivity index (χ1n) is 8.70. The number of para-hydroxylation sites is 1. The number of nitrogens with one attached hydrogen (secondary N) is 2. The number of allylic oxidation sites excluding steroid dienone is 1. The predicted octanol–water partition coefficient (Wildman–Crippen LogP) is 3.13. The van der Waals surface area contributed by atoms with E-state index in [1.165, 1.54) is 10.9 Å². The highest BCUT2D eigenvalue weighted by atomic mass is 32.1. The second-order valence-electron chi connectivity index (χ2n) is 6.27. The van der Waals surface area contributed by atoms with E-state index in [1.54, 1.807) is 14.2 Å². The monoisotopic (exact) mass is 380 g/mol. The first kappa shape index (κ1) is 17.5. The zero-order valence-electron chi connectivity index (χ0n) is 15.2. The number of thiocarbonyl (C=S) groups is 1. The summed E-state index contributed by atoms with van der Waals surface area (Å²) in [6.45, 7) is 0.646. The zero-order chi connectivity index (χ0) is 18.8. The average molecular weight is 380 g/mol. The summed E-state index contributed by atoms with van der Waals surface area (Å²) in [5, 5.41) is 4.77. The number of ether oxygens (including phenoxy) is 2. The summed E-state index contributed by atoms with van der Waals surface area (Å²) in [4.78, 5) is 12.5. The molecular weight excluding hydrogens is 360 g/mol. The number of amidine groups is 1. The molecule has 2 aliphatic rings. The maximum atomic E-state index is 5.42. The number of hydrogen-bond acceptors (Lipinski definition) is 4. The van der Waals surface area contributed by atoms with Crippen LogP contribution in [0.4, 0.5) is 0 Å². The Hall–Kier alpha value is -2.93. The van der Waals surface area contributed by atoms with Gasteiger partial charge in [-0.05, 0) is 36.3 Å². The summed E-state index contributed by atoms with van der Waals surface area (Å²) >= 11 is 5.27. The number of aliphatic imine (C=N–C) groups is 2. The van der Waals surface area contributed by atoms with Gasteiger partial charge in [0, 0.05) is 29.7 Å². The lowest BCUT2D eigenvalue weighted by molar-refractivity contribution is 0.218. The summed E-state index contributed by atoms with van der Waals surface area (Å²) in [6, 6.07) is 8.28. The molecule has 2 N–H and O–H groups in total. The Morgan fingerprint density at radius 1 is 1.19 bits per heavy atom. The fourth-order valence-corrected chi connectivity index (χ4v) is 3.58. The average Bonchev–Trinajstić information content (AvgIpc) is 3.10. The van der Waals surface area contributed by atoms with Gasteiger partial charge in [-0.2, -0.15) is 0 Å². The molecule has 27 heavy (non-hydrogen) atoms. The largest absolute Gasteiger partial charge is 0.493 e. The Morgan fingerprint density at radius 3 is 2.81 bits per heavy atom. The molecule has 4 rings (SSSR count). The second kappa shape index (κ2) is 7.36. The Labute approximate surface area is 162 Å². The maximum Gasteiger partial charge on any atom is 0.198 e. The highest BCUT2D eigenvalue weighted by Crippen LogP contribution is 2.25. The van der Waals surface area contributed by atoms with Gasteiger partial charge < -0.3 is 19.8 Å². The van der Waals surface area contributed by atoms with Crippen molar-refractivity contribution in [3.05, 3.63) is 59.7 Å². The van der Waals surface area contributed by atoms with Crippen molar-refractivity contribution in [1.82, 2.24) is 10.3 Å². The number of methoxy groups -OCH3 is 2. The number of H-pyrrole nitrogens is 1. The molecule has 138 valence electrons. The Kier molecular flexibility index (Phi) is 4.77. The molecule has 1 aliphatic carbocycles. The van der Waals surface area contributed by atoms with Gasteiger partial charge in [-0.3, -0.25) is 4.99 Å². The molecule has 6 nitrogen and oxygen atoms in total. The molecule has 2 heterocycles. The first-order valence-corrected chi connectivity index (χ1v) is 9.11. The van der Waals surface area contributed by atoms with Crippen molar-refractivity contribution < 1.29 is 9.47 Å². The van der Waals surface area contributed by atoms with Gasteiger partial charge in [-0.25, -0.2) is 4.99 Å². The summed E-state index contributed by atoms with van der Waals surface area (Å²) < 4.78 is 10.8. The lowest BCUT2D eigenvalue weighted by atomic mass is 9.94. The van der Waals surface area contributed by atoms with E-state index in [0.717, 1.165) is 23.5 Å². The third-order valence-corrected chi connectivity index (χ3v) is 4.89. The number of fused-ring (bicyclic) bond motifs is 2. The predicted molar refractivity (Wildman–Crippen MR) is 111 cm³/mol. The summed E-state index contributed by atoms with van der Waals surface area (Å²) in [7, 11) is 3.23. The minimum atomic E-state index is -0.117. The Balaban J connectivity index is 1.56. The second-order valence-corrected chi connectivity index (χ2v) is 6.66. The highest BCUT2D eigenvalue weighted by molar-refractivity contribution is 7.80. The molecule has 0 spiro atoms. The van der Waals surface area contributed by atoms with E-state index in [4.69, 9.17) is 26.7 Å². The molecule has 0 saturated carbocycles. The van der Waals surface area contributed by atoms with Gasteiger partial charge >= 0.3 is 0 Å². The molecule has 0 amide bonds. The van der Waals surface area contributed by atoms with Gasteiger partial charge in [0.2, 0.25) is 0 Å². The van der Waals surface area contributed by atoms with Crippen molar-refractivity contribution in [2.45, 2.75) is 6.42 Å². The van der Waals surface area contributed by atoms with Crippen LogP contribution in [0.25, 0.3) is 10.9 Å². The molecule has 0 saturated heterocycles. The fourth-order valence-electron chi connectivity index (χ4n) is 3.37. The molecule has 1 atom stereocenters. The lowest BCUT2D eigenvalue weighted by Gasteiger charge is -2.27. The summed E-state index contributed by atoms with van der Waals surface area (Å²) in [5.41, 5.74) is 3.20. The molecular formula is C20H20N4O2S. The van der Waals surface area contributed by atoms with Crippen molar-refractivity contribution in [2.75, 3.05) is 20.8 Å². The fraction of sp³-hybridized carbons (Fsp3) is 0.250. The van der Waals surface area contributed by atoms with Crippen molar-refractivity contribution in [3.8, 4) is 0 Å². The summed E-state index contributed by atoms with van der Waals surface area (Å²) in [5.74, 6) is 1.97. The van der Waals surface area contributed by atoms with Gasteiger partial charge in [0.25, 0.3) is 0 Å². The van der Waals surface area contributed by atoms with E-state index < -0.39 is 0 Å². The number of aromatic amines is 1. The molecule has 0 bridgehead atoms. The van der Waals surface area contributed by atoms with Gasteiger partial charge in [0.05, 0.1) is 25.8 Å². The quantitative estimate of drug-likeness (QED) is 0.782. The number of hydrogen-bond donors (Lipinski definition) is 2. The molecule has 1 aromatic carbocycles. The van der Waals surface area contributed by atoms with Crippen molar-refractivity contribution in [3.63, 3.8) is 0 Å². The number of benzene rings is 1. The Morgan fingerprint density at radius 2 is 2.00 bits per heavy atom. The van der Waals surface area contributed by atoms with E-state index in [-0.39, 0.29) is 5.92 Å². The van der Waals surface area contributed by atoms with E-state index in [2.05, 4.69) is 27.4 Å². The van der Waals surface area contributed by atoms with Crippen LogP contribution in [0.3, 0.4) is 0 Å². The zero-order valence-corrected chi connectivity index (χ0v) is 16.0. The normalized spacial score (nSPS) is 20.5. The molecule has 1 unspecified atom stereocenters. The third kappa shape index (κ3) is 3.38. The van der Waals surface area contributed by atoms with Crippen molar-refractivity contribution in [1.29, 1.82) is 0 Å². The van der Waals surface area contributed by atoms with Crippen LogP contribution in [-0.2, 0) is 15.9 Å². The molecule has 7 heteroatoms. The standard InChI is InChI=1S/C20H20N4O2S/c1-25-17-9-14-16(10-18(17)26-2)23-20(27)24-19(14)21-8-7-12-11-22-15-6-4-3-5-13(12)15/h3-6,9-11,14,22H,7-8H2,1-2H3,(H,21,24,27). The topological polar surface area (TPSA) is 71.0 Å². The number of aromatic nitrogens is 1. The van der Waals surface area contributed by atoms with E-state index in [0.29, 0.717) is 23.2 Å². The summed E-state index contributed by atoms with van der Waals surface area (Å²) in [6.07, 6.45) is 6.69. The molecule has 0 radical (unpaired) electrons. The maximum absolute atomic E-state index is 5.42. The highest BCUT2D eigenvalue weighted by Gasteiger charge is 2.30. The van der Waals surface area contributed by atoms with Crippen LogP contribution in [0.2, 0.25) is 0 Å². The van der Waals surface area contributed by atoms with Gasteiger partial charge in [-0.15, -0.1) is 0 Å². The van der Waals surface area contributed by atoms with Crippen LogP contribution in [0.15, 0.2) is 64.1 Å². The van der Waals surface area contributed by atoms with Crippen molar-refractivity contribution in [2.24, 2.45) is 15.9 Å². The van der Waals surface area contributed by atoms with Gasteiger partial charge in [-0.1, -0.05) is 18.2 Å². The number of nitrogens with zero attached hydrogens (tertiary/aromatic N) is 2. The third-order valence-electron chi connectivity index (χ3n) is 4.70. The molecule has 1 aromatic heterocycles. The Bertz CT molecular complexity index is 1020. The minimum absolute atomic E-state index is 0.117. The molecule has 2 aromatic rings.